The van der Waals surface area contributed by atoms with E-state index in [1.54, 1.807) is 36.4 Å². The second-order valence-electron chi connectivity index (χ2n) is 9.67. The van der Waals surface area contributed by atoms with Crippen molar-refractivity contribution in [3.05, 3.63) is 95.0 Å². The van der Waals surface area contributed by atoms with Crippen LogP contribution in [0.2, 0.25) is 5.02 Å². The third-order valence-corrected chi connectivity index (χ3v) is 6.83. The van der Waals surface area contributed by atoms with Crippen LogP contribution >= 0.6 is 11.6 Å². The number of ether oxygens (including phenoxy) is 1. The van der Waals surface area contributed by atoms with Crippen molar-refractivity contribution in [2.24, 2.45) is 17.2 Å². The number of nitrogens with one attached hydrogen (secondary N) is 1. The number of hydrogen-bond acceptors (Lipinski definition) is 7. The van der Waals surface area contributed by atoms with Crippen LogP contribution in [-0.4, -0.2) is 60.8 Å². The number of carbonyl (C=O) groups is 3. The monoisotopic (exact) mass is 579 g/mol. The number of ketones is 1. The normalized spacial score (nSPS) is 12.3. The smallest absolute Gasteiger partial charge is 0.238 e. The second kappa shape index (κ2) is 16.5. The van der Waals surface area contributed by atoms with Crippen molar-refractivity contribution >= 4 is 29.2 Å². The summed E-state index contributed by atoms with van der Waals surface area (Å²) >= 11 is 6.17. The summed E-state index contributed by atoms with van der Waals surface area (Å²) in [5, 5.41) is 3.29. The van der Waals surface area contributed by atoms with Crippen LogP contribution in [0.25, 0.3) is 0 Å². The van der Waals surface area contributed by atoms with E-state index < -0.39 is 18.0 Å². The van der Waals surface area contributed by atoms with Crippen molar-refractivity contribution in [2.45, 2.75) is 37.8 Å². The molecule has 10 heteroatoms. The number of nitrogens with two attached hydrogens (primary N) is 3. The molecule has 3 aromatic rings. The number of Topliss-reactive ketones (excluding diaryl/α,β-unsaturated/α-hetero) is 1. The van der Waals surface area contributed by atoms with Gasteiger partial charge in [-0.15, -0.1) is 0 Å². The highest BCUT2D eigenvalue weighted by Gasteiger charge is 2.26. The van der Waals surface area contributed by atoms with Gasteiger partial charge in [-0.2, -0.15) is 0 Å². The van der Waals surface area contributed by atoms with E-state index in [-0.39, 0.29) is 37.6 Å². The van der Waals surface area contributed by atoms with Crippen molar-refractivity contribution in [1.29, 1.82) is 0 Å². The van der Waals surface area contributed by atoms with Crippen LogP contribution in [0.4, 0.5) is 0 Å². The quantitative estimate of drug-likeness (QED) is 0.203. The molecule has 0 fully saturated rings. The Balaban J connectivity index is 1.66. The largest absolute Gasteiger partial charge is 0.456 e. The molecular formula is C31H38ClN5O4. The topological polar surface area (TPSA) is 154 Å². The molecule has 2 atom stereocenters. The Labute approximate surface area is 246 Å². The lowest BCUT2D eigenvalue weighted by molar-refractivity contribution is -0.134. The molecule has 3 rings (SSSR count). The van der Waals surface area contributed by atoms with Crippen LogP contribution < -0.4 is 27.3 Å². The molecule has 9 nitrogen and oxygen atoms in total. The SMILES string of the molecule is NCCN(CCN)C(=O)C[C@H](N)C(=O)N[C@@H](CCc1ccccc1)C(=O)Cc1ccc(Oc2ccccc2Cl)cc1. The molecule has 0 aliphatic rings. The molecule has 0 spiro atoms. The number of aryl methyl sites for hydroxylation is 1. The highest BCUT2D eigenvalue weighted by Crippen LogP contribution is 2.29. The van der Waals surface area contributed by atoms with E-state index in [4.69, 9.17) is 33.5 Å². The van der Waals surface area contributed by atoms with E-state index >= 15 is 0 Å². The van der Waals surface area contributed by atoms with Crippen LogP contribution in [0.3, 0.4) is 0 Å². The lowest BCUT2D eigenvalue weighted by Crippen LogP contribution is -2.51. The Morgan fingerprint density at radius 1 is 0.854 bits per heavy atom. The summed E-state index contributed by atoms with van der Waals surface area (Å²) < 4.78 is 5.83. The summed E-state index contributed by atoms with van der Waals surface area (Å²) in [4.78, 5) is 40.5. The lowest BCUT2D eigenvalue weighted by Gasteiger charge is -2.24. The van der Waals surface area contributed by atoms with Crippen LogP contribution in [0, 0.1) is 0 Å². The molecule has 0 radical (unpaired) electrons. The molecule has 0 bridgehead atoms. The Kier molecular flexibility index (Phi) is 12.8. The average Bonchev–Trinajstić information content (AvgIpc) is 2.97. The molecule has 41 heavy (non-hydrogen) atoms. The van der Waals surface area contributed by atoms with Gasteiger partial charge in [0.2, 0.25) is 11.8 Å². The molecule has 0 saturated carbocycles. The first kappa shape index (κ1) is 31.8. The first-order valence-electron chi connectivity index (χ1n) is 13.6. The van der Waals surface area contributed by atoms with Crippen LogP contribution in [0.15, 0.2) is 78.9 Å². The molecule has 0 aromatic heterocycles. The third-order valence-electron chi connectivity index (χ3n) is 6.52. The predicted molar refractivity (Wildman–Crippen MR) is 161 cm³/mol. The molecule has 0 aliphatic carbocycles. The summed E-state index contributed by atoms with van der Waals surface area (Å²) in [6.45, 7) is 1.20. The maximum absolute atomic E-state index is 13.4. The van der Waals surface area contributed by atoms with E-state index in [1.807, 2.05) is 42.5 Å². The first-order valence-corrected chi connectivity index (χ1v) is 14.0. The van der Waals surface area contributed by atoms with Gasteiger partial charge in [-0.3, -0.25) is 14.4 Å². The zero-order valence-electron chi connectivity index (χ0n) is 23.0. The minimum atomic E-state index is -1.12. The lowest BCUT2D eigenvalue weighted by atomic mass is 9.97. The minimum absolute atomic E-state index is 0.0983. The van der Waals surface area contributed by atoms with Gasteiger partial charge < -0.3 is 32.2 Å². The summed E-state index contributed by atoms with van der Waals surface area (Å²) in [7, 11) is 0. The molecule has 2 amide bonds. The predicted octanol–water partition coefficient (Wildman–Crippen LogP) is 2.82. The fraction of sp³-hybridized carbons (Fsp3) is 0.323. The summed E-state index contributed by atoms with van der Waals surface area (Å²) in [5.74, 6) is 0.0758. The number of halogens is 1. The van der Waals surface area contributed by atoms with Crippen LogP contribution in [0.5, 0.6) is 11.5 Å². The van der Waals surface area contributed by atoms with Gasteiger partial charge in [0.25, 0.3) is 0 Å². The van der Waals surface area contributed by atoms with E-state index in [0.29, 0.717) is 42.5 Å². The molecule has 0 aliphatic heterocycles. The molecule has 0 unspecified atom stereocenters. The van der Waals surface area contributed by atoms with Gasteiger partial charge in [0.1, 0.15) is 11.5 Å². The number of para-hydroxylation sites is 1. The Bertz CT molecular complexity index is 1270. The summed E-state index contributed by atoms with van der Waals surface area (Å²) in [5.41, 5.74) is 19.1. The number of nitrogens with zero attached hydrogens (tertiary/aromatic N) is 1. The van der Waals surface area contributed by atoms with Crippen LogP contribution in [-0.2, 0) is 27.2 Å². The highest BCUT2D eigenvalue weighted by atomic mass is 35.5. The van der Waals surface area contributed by atoms with Gasteiger partial charge in [-0.1, -0.05) is 66.2 Å². The fourth-order valence-corrected chi connectivity index (χ4v) is 4.46. The van der Waals surface area contributed by atoms with Crippen molar-refractivity contribution in [3.8, 4) is 11.5 Å². The van der Waals surface area contributed by atoms with Crippen LogP contribution in [0.1, 0.15) is 24.0 Å². The molecule has 7 N–H and O–H groups in total. The van der Waals surface area contributed by atoms with E-state index in [9.17, 15) is 14.4 Å². The summed E-state index contributed by atoms with van der Waals surface area (Å²) in [6.07, 6.45) is 0.853. The zero-order chi connectivity index (χ0) is 29.6. The maximum atomic E-state index is 13.4. The maximum Gasteiger partial charge on any atom is 0.238 e. The second-order valence-corrected chi connectivity index (χ2v) is 10.1. The van der Waals surface area contributed by atoms with E-state index in [2.05, 4.69) is 5.32 Å². The third kappa shape index (κ3) is 10.3. The minimum Gasteiger partial charge on any atom is -0.456 e. The van der Waals surface area contributed by atoms with Gasteiger partial charge in [0.05, 0.1) is 23.5 Å². The summed E-state index contributed by atoms with van der Waals surface area (Å²) in [6, 6.07) is 22.1. The molecule has 3 aromatic carbocycles. The van der Waals surface area contributed by atoms with Gasteiger partial charge in [-0.05, 0) is 48.2 Å². The zero-order valence-corrected chi connectivity index (χ0v) is 23.8. The molecule has 218 valence electrons. The molecule has 0 saturated heterocycles. The number of rotatable bonds is 16. The Morgan fingerprint density at radius 3 is 2.12 bits per heavy atom. The van der Waals surface area contributed by atoms with Gasteiger partial charge in [-0.25, -0.2) is 0 Å². The van der Waals surface area contributed by atoms with Gasteiger partial charge in [0, 0.05) is 32.6 Å². The highest BCUT2D eigenvalue weighted by molar-refractivity contribution is 6.32. The molecular weight excluding hydrogens is 542 g/mol. The Hall–Kier alpha value is -3.76. The van der Waals surface area contributed by atoms with E-state index in [1.165, 1.54) is 4.90 Å². The number of benzene rings is 3. The Morgan fingerprint density at radius 2 is 1.49 bits per heavy atom. The average molecular weight is 580 g/mol. The van der Waals surface area contributed by atoms with Crippen molar-refractivity contribution in [1.82, 2.24) is 10.2 Å². The fourth-order valence-electron chi connectivity index (χ4n) is 4.29. The van der Waals surface area contributed by atoms with Gasteiger partial charge >= 0.3 is 0 Å². The number of carbonyl (C=O) groups excluding carboxylic acids is 3. The first-order chi connectivity index (χ1) is 19.8. The number of hydrogen-bond donors (Lipinski definition) is 4. The number of amides is 2. The van der Waals surface area contributed by atoms with Crippen molar-refractivity contribution in [2.75, 3.05) is 26.2 Å². The van der Waals surface area contributed by atoms with Crippen molar-refractivity contribution in [3.63, 3.8) is 0 Å². The standard InChI is InChI=1S/C31H38ClN5O4/c32-25-8-4-5-9-29(25)41-24-13-10-23(11-14-24)20-28(38)27(15-12-22-6-2-1-3-7-22)36-31(40)26(35)21-30(39)37(18-16-33)19-17-34/h1-11,13-14,26-27H,12,15-21,33-35H2,(H,36,40)/t26-,27-/m0/s1. The van der Waals surface area contributed by atoms with Gasteiger partial charge in [0.15, 0.2) is 5.78 Å². The van der Waals surface area contributed by atoms with E-state index in [0.717, 1.165) is 11.1 Å². The van der Waals surface area contributed by atoms with Crippen molar-refractivity contribution < 1.29 is 19.1 Å². The molecule has 0 heterocycles.